The van der Waals surface area contributed by atoms with Gasteiger partial charge in [0.15, 0.2) is 0 Å². The molecule has 0 saturated carbocycles. The van der Waals surface area contributed by atoms with Crippen molar-refractivity contribution in [2.24, 2.45) is 0 Å². The van der Waals surface area contributed by atoms with Crippen molar-refractivity contribution in [3.8, 4) is 16.9 Å². The van der Waals surface area contributed by atoms with Gasteiger partial charge < -0.3 is 4.43 Å². The fourth-order valence-corrected chi connectivity index (χ4v) is 11.1. The van der Waals surface area contributed by atoms with Gasteiger partial charge in [-0.25, -0.2) is 0 Å². The molecule has 0 N–H and O–H groups in total. The van der Waals surface area contributed by atoms with Gasteiger partial charge >= 0.3 is 0 Å². The van der Waals surface area contributed by atoms with Crippen LogP contribution >= 0.6 is 11.8 Å². The quantitative estimate of drug-likeness (QED) is 0.238. The van der Waals surface area contributed by atoms with E-state index in [1.165, 1.54) is 21.6 Å². The Morgan fingerprint density at radius 2 is 1.23 bits per heavy atom. The molecule has 0 spiro atoms. The lowest BCUT2D eigenvalue weighted by Crippen LogP contribution is -2.50. The highest BCUT2D eigenvalue weighted by Crippen LogP contribution is 2.43. The molecule has 164 valence electrons. The number of hydrogen-bond acceptors (Lipinski definition) is 2. The average molecular weight is 449 g/mol. The van der Waals surface area contributed by atoms with Crippen LogP contribution in [0.2, 0.25) is 16.6 Å². The summed E-state index contributed by atoms with van der Waals surface area (Å²) in [7, 11) is -1.93. The Kier molecular flexibility index (Phi) is 8.07. The molecule has 0 saturated heterocycles. The van der Waals surface area contributed by atoms with Crippen molar-refractivity contribution in [3.05, 3.63) is 84.4 Å². The highest BCUT2D eigenvalue weighted by molar-refractivity contribution is 7.98. The summed E-state index contributed by atoms with van der Waals surface area (Å²) in [6.07, 6.45) is 0. The fraction of sp³-hybridized carbons (Fsp3) is 0.357. The molecule has 0 aromatic heterocycles. The van der Waals surface area contributed by atoms with Crippen molar-refractivity contribution in [2.45, 2.75) is 68.8 Å². The Morgan fingerprint density at radius 1 is 0.677 bits per heavy atom. The van der Waals surface area contributed by atoms with E-state index >= 15 is 0 Å². The van der Waals surface area contributed by atoms with Gasteiger partial charge in [0.05, 0.1) is 0 Å². The van der Waals surface area contributed by atoms with Gasteiger partial charge in [0.1, 0.15) is 5.75 Å². The molecule has 0 fully saturated rings. The maximum Gasteiger partial charge on any atom is 0.258 e. The van der Waals surface area contributed by atoms with Crippen molar-refractivity contribution in [3.63, 3.8) is 0 Å². The SMILES string of the molecule is CC(C)[Si](Oc1ccc(-c2ccccc2SCc2ccccc2)cc1)(C(C)C)C(C)C. The first-order chi connectivity index (χ1) is 14.8. The van der Waals surface area contributed by atoms with Gasteiger partial charge in [0.25, 0.3) is 8.32 Å². The lowest BCUT2D eigenvalue weighted by atomic mass is 10.1. The third kappa shape index (κ3) is 5.45. The summed E-state index contributed by atoms with van der Waals surface area (Å²) in [6.45, 7) is 14.0. The second kappa shape index (κ2) is 10.6. The summed E-state index contributed by atoms with van der Waals surface area (Å²) < 4.78 is 6.85. The van der Waals surface area contributed by atoms with Crippen molar-refractivity contribution >= 4 is 20.1 Å². The standard InChI is InChI=1S/C28H36OSSi/c1-21(2)31(22(3)4,23(5)6)29-26-18-16-25(17-19-26)27-14-10-11-15-28(27)30-20-24-12-8-7-9-13-24/h7-19,21-23H,20H2,1-6H3. The first kappa shape index (κ1) is 23.7. The van der Waals surface area contributed by atoms with Crippen LogP contribution in [0.25, 0.3) is 11.1 Å². The second-order valence-corrected chi connectivity index (χ2v) is 15.6. The first-order valence-corrected chi connectivity index (χ1v) is 14.5. The fourth-order valence-electron chi connectivity index (χ4n) is 4.83. The zero-order valence-electron chi connectivity index (χ0n) is 19.8. The van der Waals surface area contributed by atoms with Gasteiger partial charge in [0.2, 0.25) is 0 Å². The summed E-state index contributed by atoms with van der Waals surface area (Å²) in [5.41, 5.74) is 5.60. The van der Waals surface area contributed by atoms with Crippen LogP contribution in [0.1, 0.15) is 47.1 Å². The van der Waals surface area contributed by atoms with Gasteiger partial charge in [0, 0.05) is 10.6 Å². The van der Waals surface area contributed by atoms with E-state index in [9.17, 15) is 0 Å². The molecule has 0 heterocycles. The van der Waals surface area contributed by atoms with Crippen LogP contribution in [-0.4, -0.2) is 8.32 Å². The Balaban J connectivity index is 1.82. The molecule has 0 radical (unpaired) electrons. The van der Waals surface area contributed by atoms with Crippen molar-refractivity contribution < 1.29 is 4.43 Å². The van der Waals surface area contributed by atoms with Crippen molar-refractivity contribution in [1.82, 2.24) is 0 Å². The van der Waals surface area contributed by atoms with E-state index in [4.69, 9.17) is 4.43 Å². The van der Waals surface area contributed by atoms with E-state index in [-0.39, 0.29) is 0 Å². The van der Waals surface area contributed by atoms with Crippen LogP contribution in [-0.2, 0) is 5.75 Å². The van der Waals surface area contributed by atoms with Gasteiger partial charge in [-0.15, -0.1) is 11.8 Å². The Labute approximate surface area is 194 Å². The minimum absolute atomic E-state index is 0.572. The Bertz CT molecular complexity index is 926. The van der Waals surface area contributed by atoms with E-state index in [1.807, 2.05) is 11.8 Å². The maximum atomic E-state index is 6.85. The average Bonchev–Trinajstić information content (AvgIpc) is 2.76. The molecule has 3 rings (SSSR count). The molecule has 31 heavy (non-hydrogen) atoms. The summed E-state index contributed by atoms with van der Waals surface area (Å²) in [6, 6.07) is 28.1. The number of benzene rings is 3. The van der Waals surface area contributed by atoms with E-state index in [1.54, 1.807) is 0 Å². The van der Waals surface area contributed by atoms with Crippen LogP contribution in [0.4, 0.5) is 0 Å². The highest BCUT2D eigenvalue weighted by Gasteiger charge is 2.46. The molecule has 0 amide bonds. The molecule has 0 bridgehead atoms. The predicted octanol–water partition coefficient (Wildman–Crippen LogP) is 9.20. The predicted molar refractivity (Wildman–Crippen MR) is 140 cm³/mol. The Hall–Kier alpha value is -1.97. The van der Waals surface area contributed by atoms with Gasteiger partial charge in [-0.2, -0.15) is 0 Å². The summed E-state index contributed by atoms with van der Waals surface area (Å²) in [4.78, 5) is 1.32. The molecule has 0 atom stereocenters. The molecular weight excluding hydrogens is 412 g/mol. The molecule has 0 aliphatic carbocycles. The first-order valence-electron chi connectivity index (χ1n) is 11.4. The zero-order chi connectivity index (χ0) is 22.4. The van der Waals surface area contributed by atoms with E-state index < -0.39 is 8.32 Å². The smallest absolute Gasteiger partial charge is 0.258 e. The third-order valence-electron chi connectivity index (χ3n) is 6.29. The molecule has 0 aliphatic rings. The molecule has 3 heteroatoms. The summed E-state index contributed by atoms with van der Waals surface area (Å²) in [5.74, 6) is 1.99. The minimum atomic E-state index is -1.93. The van der Waals surface area contributed by atoms with E-state index in [0.717, 1.165) is 11.5 Å². The normalized spacial score (nSPS) is 12.0. The molecular formula is C28H36OSSi. The van der Waals surface area contributed by atoms with Crippen LogP contribution in [0.15, 0.2) is 83.8 Å². The maximum absolute atomic E-state index is 6.85. The molecule has 1 nitrogen and oxygen atoms in total. The molecule has 0 aliphatic heterocycles. The third-order valence-corrected chi connectivity index (χ3v) is 13.4. The van der Waals surface area contributed by atoms with Gasteiger partial charge in [-0.3, -0.25) is 0 Å². The van der Waals surface area contributed by atoms with Crippen LogP contribution in [0.5, 0.6) is 5.75 Å². The van der Waals surface area contributed by atoms with Crippen LogP contribution in [0, 0.1) is 0 Å². The van der Waals surface area contributed by atoms with E-state index in [0.29, 0.717) is 16.6 Å². The second-order valence-electron chi connectivity index (χ2n) is 9.21. The van der Waals surface area contributed by atoms with Crippen molar-refractivity contribution in [2.75, 3.05) is 0 Å². The largest absolute Gasteiger partial charge is 0.543 e. The molecule has 0 unspecified atom stereocenters. The lowest BCUT2D eigenvalue weighted by Gasteiger charge is -2.42. The number of thioether (sulfide) groups is 1. The summed E-state index contributed by atoms with van der Waals surface area (Å²) in [5, 5.41) is 0. The lowest BCUT2D eigenvalue weighted by molar-refractivity contribution is 0.480. The monoisotopic (exact) mass is 448 g/mol. The number of rotatable bonds is 9. The molecule has 3 aromatic carbocycles. The zero-order valence-corrected chi connectivity index (χ0v) is 21.6. The number of hydrogen-bond donors (Lipinski definition) is 0. The summed E-state index contributed by atoms with van der Waals surface area (Å²) >= 11 is 1.90. The van der Waals surface area contributed by atoms with Gasteiger partial charge in [-0.1, -0.05) is 102 Å². The Morgan fingerprint density at radius 3 is 1.81 bits per heavy atom. The highest BCUT2D eigenvalue weighted by atomic mass is 32.2. The molecule has 3 aromatic rings. The minimum Gasteiger partial charge on any atom is -0.543 e. The topological polar surface area (TPSA) is 9.23 Å². The van der Waals surface area contributed by atoms with Crippen LogP contribution < -0.4 is 4.43 Å². The van der Waals surface area contributed by atoms with Gasteiger partial charge in [-0.05, 0) is 51.5 Å². The van der Waals surface area contributed by atoms with E-state index in [2.05, 4.69) is 120 Å². The van der Waals surface area contributed by atoms with Crippen molar-refractivity contribution in [1.29, 1.82) is 0 Å². The van der Waals surface area contributed by atoms with Crippen LogP contribution in [0.3, 0.4) is 0 Å².